The van der Waals surface area contributed by atoms with Gasteiger partial charge in [-0.3, -0.25) is 5.32 Å². The monoisotopic (exact) mass is 299 g/mol. The summed E-state index contributed by atoms with van der Waals surface area (Å²) in [5, 5.41) is 5.73. The third-order valence-corrected chi connectivity index (χ3v) is 5.33. The third kappa shape index (κ3) is 2.59. The van der Waals surface area contributed by atoms with Crippen LogP contribution in [0.3, 0.4) is 0 Å². The van der Waals surface area contributed by atoms with E-state index in [0.29, 0.717) is 6.04 Å². The van der Waals surface area contributed by atoms with E-state index in [-0.39, 0.29) is 6.04 Å². The molecule has 0 aliphatic heterocycles. The summed E-state index contributed by atoms with van der Waals surface area (Å²) >= 11 is 9.27. The summed E-state index contributed by atoms with van der Waals surface area (Å²) in [7, 11) is 0. The van der Waals surface area contributed by atoms with Gasteiger partial charge in [0.15, 0.2) is 0 Å². The lowest BCUT2D eigenvalue weighted by molar-refractivity contribution is 0.594. The van der Waals surface area contributed by atoms with E-state index in [1.165, 1.54) is 29.1 Å². The highest BCUT2D eigenvalue weighted by atomic mass is 35.5. The van der Waals surface area contributed by atoms with E-state index < -0.39 is 0 Å². The highest BCUT2D eigenvalue weighted by Crippen LogP contribution is 2.34. The van der Waals surface area contributed by atoms with Crippen molar-refractivity contribution in [3.63, 3.8) is 0 Å². The second-order valence-corrected chi connectivity index (χ2v) is 7.50. The van der Waals surface area contributed by atoms with Crippen molar-refractivity contribution in [3.8, 4) is 0 Å². The van der Waals surface area contributed by atoms with Gasteiger partial charge in [0.2, 0.25) is 0 Å². The lowest BCUT2D eigenvalue weighted by Gasteiger charge is -2.13. The fraction of sp³-hybridized carbons (Fsp3) is 0.500. The molecule has 1 aliphatic rings. The molecule has 1 saturated carbocycles. The van der Waals surface area contributed by atoms with Gasteiger partial charge in [-0.15, -0.1) is 22.7 Å². The van der Waals surface area contributed by atoms with Gasteiger partial charge in [0.25, 0.3) is 0 Å². The second kappa shape index (κ2) is 4.89. The van der Waals surface area contributed by atoms with Crippen molar-refractivity contribution in [2.75, 3.05) is 0 Å². The van der Waals surface area contributed by atoms with E-state index in [1.54, 1.807) is 17.5 Å². The Morgan fingerprint density at radius 2 is 2.11 bits per heavy atom. The first-order valence-corrected chi connectivity index (χ1v) is 7.96. The zero-order valence-electron chi connectivity index (χ0n) is 10.2. The maximum absolute atomic E-state index is 5.99. The Morgan fingerprint density at radius 3 is 2.61 bits per heavy atom. The largest absolute Gasteiger partial charge is 0.299 e. The van der Waals surface area contributed by atoms with E-state index in [4.69, 9.17) is 11.6 Å². The highest BCUT2D eigenvalue weighted by Gasteiger charge is 2.29. The molecule has 1 unspecified atom stereocenters. The number of nitrogens with one attached hydrogen (secondary N) is 1. The molecule has 0 bridgehead atoms. The van der Waals surface area contributed by atoms with Crippen molar-refractivity contribution in [3.05, 3.63) is 31.1 Å². The summed E-state index contributed by atoms with van der Waals surface area (Å²) < 4.78 is 0.734. The van der Waals surface area contributed by atoms with Crippen LogP contribution in [0.5, 0.6) is 0 Å². The molecule has 96 valence electrons. The van der Waals surface area contributed by atoms with Crippen LogP contribution < -0.4 is 5.32 Å². The van der Waals surface area contributed by atoms with E-state index >= 15 is 0 Å². The Kier molecular flexibility index (Phi) is 3.40. The molecular formula is C12H14ClN3S2. The minimum atomic E-state index is 0.104. The van der Waals surface area contributed by atoms with Gasteiger partial charge in [0, 0.05) is 10.9 Å². The fourth-order valence-corrected chi connectivity index (χ4v) is 3.81. The van der Waals surface area contributed by atoms with Crippen LogP contribution in [0, 0.1) is 13.8 Å². The van der Waals surface area contributed by atoms with Crippen molar-refractivity contribution < 1.29 is 0 Å². The molecule has 0 spiro atoms. The number of rotatable bonds is 4. The van der Waals surface area contributed by atoms with E-state index in [0.717, 1.165) is 20.0 Å². The first-order chi connectivity index (χ1) is 8.63. The number of halogens is 1. The van der Waals surface area contributed by atoms with Crippen LogP contribution >= 0.6 is 34.3 Å². The Bertz CT molecular complexity index is 540. The zero-order chi connectivity index (χ0) is 12.7. The van der Waals surface area contributed by atoms with Crippen LogP contribution in [0.15, 0.2) is 6.20 Å². The van der Waals surface area contributed by atoms with Gasteiger partial charge < -0.3 is 0 Å². The number of hydrogen-bond acceptors (Lipinski definition) is 5. The molecule has 2 aromatic rings. The molecule has 2 aromatic heterocycles. The lowest BCUT2D eigenvalue weighted by Crippen LogP contribution is -2.24. The molecule has 1 fully saturated rings. The summed E-state index contributed by atoms with van der Waals surface area (Å²) in [4.78, 5) is 10.3. The van der Waals surface area contributed by atoms with Gasteiger partial charge in [-0.1, -0.05) is 11.6 Å². The van der Waals surface area contributed by atoms with Crippen molar-refractivity contribution >= 4 is 34.3 Å². The molecule has 0 saturated heterocycles. The van der Waals surface area contributed by atoms with Crippen LogP contribution in [-0.2, 0) is 0 Å². The van der Waals surface area contributed by atoms with Crippen molar-refractivity contribution in [2.45, 2.75) is 38.8 Å². The first-order valence-electron chi connectivity index (χ1n) is 5.94. The predicted molar refractivity (Wildman–Crippen MR) is 76.7 cm³/mol. The fourth-order valence-electron chi connectivity index (χ4n) is 1.76. The summed E-state index contributed by atoms with van der Waals surface area (Å²) in [5.74, 6) is 0. The number of aryl methyl sites for hydroxylation is 2. The van der Waals surface area contributed by atoms with Crippen LogP contribution in [0.25, 0.3) is 0 Å². The quantitative estimate of drug-likeness (QED) is 0.935. The lowest BCUT2D eigenvalue weighted by atomic mass is 10.3. The maximum atomic E-state index is 5.99. The summed E-state index contributed by atoms with van der Waals surface area (Å²) in [6.45, 7) is 4.16. The van der Waals surface area contributed by atoms with Crippen molar-refractivity contribution in [2.24, 2.45) is 0 Å². The van der Waals surface area contributed by atoms with E-state index in [1.807, 2.05) is 0 Å². The smallest absolute Gasteiger partial charge is 0.118 e. The predicted octanol–water partition coefficient (Wildman–Crippen LogP) is 3.71. The standard InChI is InChI=1S/C12H14ClN3S2/c1-6-7(2)17-12(15-6)10(16-8-3-4-8)11-14-5-9(13)18-11/h5,8,10,16H,3-4H2,1-2H3. The molecule has 0 aromatic carbocycles. The molecular weight excluding hydrogens is 286 g/mol. The number of nitrogens with zero attached hydrogens (tertiary/aromatic N) is 2. The molecule has 1 aliphatic carbocycles. The maximum Gasteiger partial charge on any atom is 0.118 e. The van der Waals surface area contributed by atoms with Crippen molar-refractivity contribution in [1.82, 2.24) is 15.3 Å². The van der Waals surface area contributed by atoms with Gasteiger partial charge in [-0.05, 0) is 26.7 Å². The molecule has 2 heterocycles. The molecule has 0 amide bonds. The molecule has 1 atom stereocenters. The molecule has 3 rings (SSSR count). The Labute approximate surface area is 119 Å². The number of aromatic nitrogens is 2. The van der Waals surface area contributed by atoms with Gasteiger partial charge in [0.1, 0.15) is 20.4 Å². The Hall–Kier alpha value is -0.490. The highest BCUT2D eigenvalue weighted by molar-refractivity contribution is 7.16. The van der Waals surface area contributed by atoms with Crippen LogP contribution in [-0.4, -0.2) is 16.0 Å². The van der Waals surface area contributed by atoms with Gasteiger partial charge >= 0.3 is 0 Å². The van der Waals surface area contributed by atoms with Crippen LogP contribution in [0.1, 0.15) is 39.5 Å². The number of thiazole rings is 2. The van der Waals surface area contributed by atoms with Crippen LogP contribution in [0.2, 0.25) is 4.34 Å². The average molecular weight is 300 g/mol. The molecule has 3 nitrogen and oxygen atoms in total. The first kappa shape index (κ1) is 12.5. The van der Waals surface area contributed by atoms with Crippen molar-refractivity contribution in [1.29, 1.82) is 0 Å². The third-order valence-electron chi connectivity index (χ3n) is 3.01. The summed E-state index contributed by atoms with van der Waals surface area (Å²) in [6, 6.07) is 0.717. The normalized spacial score (nSPS) is 17.1. The number of hydrogen-bond donors (Lipinski definition) is 1. The molecule has 0 radical (unpaired) electrons. The summed E-state index contributed by atoms with van der Waals surface area (Å²) in [6.07, 6.45) is 4.22. The minimum Gasteiger partial charge on any atom is -0.299 e. The topological polar surface area (TPSA) is 37.8 Å². The Morgan fingerprint density at radius 1 is 1.33 bits per heavy atom. The van der Waals surface area contributed by atoms with E-state index in [9.17, 15) is 0 Å². The van der Waals surface area contributed by atoms with Gasteiger partial charge in [-0.25, -0.2) is 9.97 Å². The van der Waals surface area contributed by atoms with Gasteiger partial charge in [0.05, 0.1) is 11.9 Å². The second-order valence-electron chi connectivity index (χ2n) is 4.57. The van der Waals surface area contributed by atoms with Gasteiger partial charge in [-0.2, -0.15) is 0 Å². The minimum absolute atomic E-state index is 0.104. The SMILES string of the molecule is Cc1nc(C(NC2CC2)c2ncc(Cl)s2)sc1C. The molecule has 18 heavy (non-hydrogen) atoms. The average Bonchev–Trinajstić information content (AvgIpc) is 2.96. The zero-order valence-corrected chi connectivity index (χ0v) is 12.6. The summed E-state index contributed by atoms with van der Waals surface area (Å²) in [5.41, 5.74) is 1.11. The molecule has 1 N–H and O–H groups in total. The molecule has 6 heteroatoms. The van der Waals surface area contributed by atoms with E-state index in [2.05, 4.69) is 29.1 Å². The van der Waals surface area contributed by atoms with Crippen LogP contribution in [0.4, 0.5) is 0 Å². The Balaban J connectivity index is 1.93.